The second-order valence-electron chi connectivity index (χ2n) is 3.26. The van der Waals surface area contributed by atoms with Crippen LogP contribution in [-0.2, 0) is 0 Å². The van der Waals surface area contributed by atoms with E-state index < -0.39 is 5.97 Å². The van der Waals surface area contributed by atoms with Gasteiger partial charge < -0.3 is 10.8 Å². The minimum atomic E-state index is -1.15. The fraction of sp³-hybridized carbons (Fsp3) is 0. The summed E-state index contributed by atoms with van der Waals surface area (Å²) in [4.78, 5) is 10.8. The van der Waals surface area contributed by atoms with E-state index in [1.165, 1.54) is 4.68 Å². The molecule has 0 saturated heterocycles. The van der Waals surface area contributed by atoms with Crippen LogP contribution in [0, 0.1) is 0 Å². The number of carboxylic acids is 1. The van der Waals surface area contributed by atoms with Crippen molar-refractivity contribution < 1.29 is 9.90 Å². The van der Waals surface area contributed by atoms with E-state index in [-0.39, 0.29) is 11.4 Å². The summed E-state index contributed by atoms with van der Waals surface area (Å²) >= 11 is 11.8. The molecule has 1 aromatic heterocycles. The van der Waals surface area contributed by atoms with Gasteiger partial charge in [0.25, 0.3) is 0 Å². The van der Waals surface area contributed by atoms with E-state index >= 15 is 0 Å². The van der Waals surface area contributed by atoms with Gasteiger partial charge >= 0.3 is 5.97 Å². The number of nitrogen functional groups attached to an aromatic ring is 1. The molecule has 0 fully saturated rings. The number of rotatable bonds is 2. The largest absolute Gasteiger partial charge is 0.477 e. The molecule has 7 heteroatoms. The van der Waals surface area contributed by atoms with Gasteiger partial charge in [-0.1, -0.05) is 23.2 Å². The lowest BCUT2D eigenvalue weighted by molar-refractivity contribution is 0.0698. The Labute approximate surface area is 106 Å². The molecule has 2 rings (SSSR count). The number of halogens is 2. The van der Waals surface area contributed by atoms with Gasteiger partial charge in [-0.05, 0) is 18.2 Å². The fourth-order valence-electron chi connectivity index (χ4n) is 1.36. The number of hydrogen-bond donors (Lipinski definition) is 2. The van der Waals surface area contributed by atoms with Crippen molar-refractivity contribution in [1.29, 1.82) is 0 Å². The second kappa shape index (κ2) is 4.27. The Morgan fingerprint density at radius 2 is 2.12 bits per heavy atom. The Balaban J connectivity index is 2.61. The molecule has 0 atom stereocenters. The summed E-state index contributed by atoms with van der Waals surface area (Å²) in [5.41, 5.74) is 6.03. The zero-order valence-corrected chi connectivity index (χ0v) is 9.90. The van der Waals surface area contributed by atoms with E-state index in [1.54, 1.807) is 18.2 Å². The molecule has 0 saturated carbocycles. The summed E-state index contributed by atoms with van der Waals surface area (Å²) in [5.74, 6) is -1.14. The number of carbonyl (C=O) groups is 1. The van der Waals surface area contributed by atoms with Crippen molar-refractivity contribution in [2.45, 2.75) is 0 Å². The maximum Gasteiger partial charge on any atom is 0.341 e. The topological polar surface area (TPSA) is 81.1 Å². The van der Waals surface area contributed by atoms with Crippen LogP contribution in [0.4, 0.5) is 5.82 Å². The molecule has 0 aliphatic heterocycles. The molecular formula is C10H7Cl2N3O2. The van der Waals surface area contributed by atoms with Crippen LogP contribution in [0.5, 0.6) is 0 Å². The van der Waals surface area contributed by atoms with E-state index in [2.05, 4.69) is 5.10 Å². The molecule has 0 spiro atoms. The van der Waals surface area contributed by atoms with Crippen LogP contribution in [0.2, 0.25) is 10.0 Å². The molecule has 0 radical (unpaired) electrons. The average molecular weight is 272 g/mol. The van der Waals surface area contributed by atoms with Crippen molar-refractivity contribution in [3.63, 3.8) is 0 Å². The lowest BCUT2D eigenvalue weighted by atomic mass is 10.3. The first-order valence-electron chi connectivity index (χ1n) is 4.53. The van der Waals surface area contributed by atoms with Crippen molar-refractivity contribution >= 4 is 35.0 Å². The number of nitrogens with zero attached hydrogens (tertiary/aromatic N) is 2. The van der Waals surface area contributed by atoms with Crippen LogP contribution >= 0.6 is 23.2 Å². The van der Waals surface area contributed by atoms with Gasteiger partial charge in [0.15, 0.2) is 0 Å². The van der Waals surface area contributed by atoms with E-state index in [0.717, 1.165) is 6.20 Å². The molecular weight excluding hydrogens is 265 g/mol. The van der Waals surface area contributed by atoms with Gasteiger partial charge in [-0.3, -0.25) is 0 Å². The standard InChI is InChI=1S/C10H7Cl2N3O2/c11-5-1-2-7(12)8(3-5)15-9(13)6(4-14-15)10(16)17/h1-4H,13H2,(H,16,17). The van der Waals surface area contributed by atoms with E-state index in [9.17, 15) is 4.79 Å². The number of anilines is 1. The summed E-state index contributed by atoms with van der Waals surface area (Å²) in [5, 5.41) is 13.6. The predicted octanol–water partition coefficient (Wildman–Crippen LogP) is 2.46. The molecule has 0 aliphatic carbocycles. The van der Waals surface area contributed by atoms with Crippen LogP contribution in [0.15, 0.2) is 24.4 Å². The summed E-state index contributed by atoms with van der Waals surface area (Å²) in [6.45, 7) is 0. The van der Waals surface area contributed by atoms with Gasteiger partial charge in [-0.25, -0.2) is 9.48 Å². The van der Waals surface area contributed by atoms with Crippen molar-refractivity contribution in [3.05, 3.63) is 40.0 Å². The highest BCUT2D eigenvalue weighted by atomic mass is 35.5. The highest BCUT2D eigenvalue weighted by molar-refractivity contribution is 6.34. The summed E-state index contributed by atoms with van der Waals surface area (Å²) in [6.07, 6.45) is 1.16. The smallest absolute Gasteiger partial charge is 0.341 e. The number of benzene rings is 1. The van der Waals surface area contributed by atoms with E-state index in [1.807, 2.05) is 0 Å². The first-order valence-corrected chi connectivity index (χ1v) is 5.28. The molecule has 3 N–H and O–H groups in total. The highest BCUT2D eigenvalue weighted by Gasteiger charge is 2.16. The van der Waals surface area contributed by atoms with Crippen molar-refractivity contribution in [3.8, 4) is 5.69 Å². The fourth-order valence-corrected chi connectivity index (χ4v) is 1.73. The lowest BCUT2D eigenvalue weighted by Crippen LogP contribution is -2.06. The summed E-state index contributed by atoms with van der Waals surface area (Å²) in [6, 6.07) is 4.75. The number of aromatic carboxylic acids is 1. The van der Waals surface area contributed by atoms with Gasteiger partial charge in [-0.2, -0.15) is 5.10 Å². The van der Waals surface area contributed by atoms with Gasteiger partial charge in [0.05, 0.1) is 16.9 Å². The van der Waals surface area contributed by atoms with E-state index in [4.69, 9.17) is 34.0 Å². The lowest BCUT2D eigenvalue weighted by Gasteiger charge is -2.06. The second-order valence-corrected chi connectivity index (χ2v) is 4.10. The van der Waals surface area contributed by atoms with Crippen molar-refractivity contribution in [2.75, 3.05) is 5.73 Å². The quantitative estimate of drug-likeness (QED) is 0.879. The van der Waals surface area contributed by atoms with Crippen LogP contribution in [-0.4, -0.2) is 20.9 Å². The monoisotopic (exact) mass is 271 g/mol. The Morgan fingerprint density at radius 1 is 1.41 bits per heavy atom. The minimum Gasteiger partial charge on any atom is -0.477 e. The third-order valence-corrected chi connectivity index (χ3v) is 2.73. The molecule has 0 unspecified atom stereocenters. The predicted molar refractivity (Wildman–Crippen MR) is 65.0 cm³/mol. The van der Waals surface area contributed by atoms with Crippen LogP contribution < -0.4 is 5.73 Å². The first kappa shape index (κ1) is 11.8. The summed E-state index contributed by atoms with van der Waals surface area (Å²) in [7, 11) is 0. The van der Waals surface area contributed by atoms with Crippen LogP contribution in [0.3, 0.4) is 0 Å². The third-order valence-electron chi connectivity index (χ3n) is 2.17. The number of hydrogen-bond acceptors (Lipinski definition) is 3. The summed E-state index contributed by atoms with van der Waals surface area (Å²) < 4.78 is 1.23. The first-order chi connectivity index (χ1) is 8.00. The number of carboxylic acid groups (broad SMARTS) is 1. The zero-order chi connectivity index (χ0) is 12.6. The minimum absolute atomic E-state index is 0.00154. The molecule has 2 aromatic rings. The van der Waals surface area contributed by atoms with Gasteiger partial charge in [0, 0.05) is 5.02 Å². The Kier molecular flexibility index (Phi) is 2.95. The molecule has 17 heavy (non-hydrogen) atoms. The molecule has 5 nitrogen and oxygen atoms in total. The van der Waals surface area contributed by atoms with Crippen molar-refractivity contribution in [2.24, 2.45) is 0 Å². The molecule has 0 bridgehead atoms. The van der Waals surface area contributed by atoms with Gasteiger partial charge in [-0.15, -0.1) is 0 Å². The van der Waals surface area contributed by atoms with Crippen molar-refractivity contribution in [1.82, 2.24) is 9.78 Å². The molecule has 88 valence electrons. The average Bonchev–Trinajstić information content (AvgIpc) is 2.64. The maximum atomic E-state index is 10.8. The normalized spacial score (nSPS) is 10.5. The Morgan fingerprint density at radius 3 is 2.71 bits per heavy atom. The van der Waals surface area contributed by atoms with Gasteiger partial charge in [0.1, 0.15) is 11.4 Å². The van der Waals surface area contributed by atoms with E-state index in [0.29, 0.717) is 15.7 Å². The maximum absolute atomic E-state index is 10.8. The molecule has 0 aliphatic rings. The Hall–Kier alpha value is -1.72. The zero-order valence-electron chi connectivity index (χ0n) is 8.39. The molecule has 1 heterocycles. The highest BCUT2D eigenvalue weighted by Crippen LogP contribution is 2.26. The third kappa shape index (κ3) is 2.07. The van der Waals surface area contributed by atoms with Gasteiger partial charge in [0.2, 0.25) is 0 Å². The number of aromatic nitrogens is 2. The Bertz CT molecular complexity index is 595. The van der Waals surface area contributed by atoms with Crippen LogP contribution in [0.25, 0.3) is 5.69 Å². The molecule has 0 amide bonds. The number of nitrogens with two attached hydrogens (primary N) is 1. The molecule has 1 aromatic carbocycles. The van der Waals surface area contributed by atoms with Crippen LogP contribution in [0.1, 0.15) is 10.4 Å². The SMILES string of the molecule is Nc1c(C(=O)O)cnn1-c1cc(Cl)ccc1Cl.